The van der Waals surface area contributed by atoms with Gasteiger partial charge in [0.15, 0.2) is 11.9 Å². The highest BCUT2D eigenvalue weighted by molar-refractivity contribution is 5.97. The fourth-order valence-corrected chi connectivity index (χ4v) is 1.60. The van der Waals surface area contributed by atoms with Gasteiger partial charge in [-0.2, -0.15) is 0 Å². The lowest BCUT2D eigenvalue weighted by atomic mass is 10.1. The van der Waals surface area contributed by atoms with Crippen LogP contribution in [-0.2, 0) is 11.3 Å². The van der Waals surface area contributed by atoms with Crippen LogP contribution in [0.15, 0.2) is 23.4 Å². The van der Waals surface area contributed by atoms with E-state index in [9.17, 15) is 4.79 Å². The van der Waals surface area contributed by atoms with Crippen LogP contribution in [0, 0.1) is 0 Å². The molecule has 1 aliphatic heterocycles. The Morgan fingerprint density at radius 1 is 1.65 bits per heavy atom. The van der Waals surface area contributed by atoms with Gasteiger partial charge in [-0.1, -0.05) is 17.3 Å². The minimum absolute atomic E-state index is 0.00702. The average molecular weight is 235 g/mol. The first-order valence-corrected chi connectivity index (χ1v) is 5.17. The smallest absolute Gasteiger partial charge is 0.261 e. The van der Waals surface area contributed by atoms with Crippen LogP contribution in [0.1, 0.15) is 18.1 Å². The number of rotatable bonds is 1. The molecule has 0 aliphatic carbocycles. The van der Waals surface area contributed by atoms with Gasteiger partial charge in [0.05, 0.1) is 0 Å². The molecule has 1 aromatic carbocycles. The number of fused-ring (bicyclic) bond motifs is 1. The molecule has 1 heterocycles. The van der Waals surface area contributed by atoms with E-state index in [-0.39, 0.29) is 11.7 Å². The second-order valence-electron chi connectivity index (χ2n) is 3.79. The molecule has 0 radical (unpaired) electrons. The van der Waals surface area contributed by atoms with E-state index in [1.807, 2.05) is 0 Å². The van der Waals surface area contributed by atoms with Crippen molar-refractivity contribution in [2.45, 2.75) is 19.6 Å². The van der Waals surface area contributed by atoms with E-state index in [1.165, 1.54) is 0 Å². The molecular formula is C11H13N3O3. The Bertz CT molecular complexity index is 485. The first-order valence-electron chi connectivity index (χ1n) is 5.17. The van der Waals surface area contributed by atoms with Gasteiger partial charge in [0, 0.05) is 17.7 Å². The Morgan fingerprint density at radius 3 is 3.12 bits per heavy atom. The second-order valence-corrected chi connectivity index (χ2v) is 3.79. The van der Waals surface area contributed by atoms with E-state index in [0.717, 1.165) is 5.56 Å². The number of amidine groups is 1. The maximum Gasteiger partial charge on any atom is 0.261 e. The summed E-state index contributed by atoms with van der Waals surface area (Å²) in [7, 11) is 0. The average Bonchev–Trinajstić information content (AvgIpc) is 2.48. The van der Waals surface area contributed by atoms with Crippen LogP contribution in [0.5, 0.6) is 5.75 Å². The summed E-state index contributed by atoms with van der Waals surface area (Å²) in [5, 5.41) is 14.3. The lowest BCUT2D eigenvalue weighted by Crippen LogP contribution is -2.33. The number of benzene rings is 1. The molecule has 6 nitrogen and oxygen atoms in total. The van der Waals surface area contributed by atoms with Gasteiger partial charge in [0.1, 0.15) is 5.75 Å². The largest absolute Gasteiger partial charge is 0.481 e. The third-order valence-electron chi connectivity index (χ3n) is 2.60. The van der Waals surface area contributed by atoms with Crippen molar-refractivity contribution in [2.75, 3.05) is 0 Å². The molecule has 0 saturated heterocycles. The minimum atomic E-state index is -0.557. The predicted octanol–water partition coefficient (Wildman–Crippen LogP) is 0.178. The quantitative estimate of drug-likeness (QED) is 0.280. The minimum Gasteiger partial charge on any atom is -0.481 e. The van der Waals surface area contributed by atoms with Crippen molar-refractivity contribution in [1.29, 1.82) is 0 Å². The molecule has 0 bridgehead atoms. The number of nitrogens with two attached hydrogens (primary N) is 1. The summed E-state index contributed by atoms with van der Waals surface area (Å²) in [5.41, 5.74) is 6.90. The Hall–Kier alpha value is -2.24. The summed E-state index contributed by atoms with van der Waals surface area (Å²) in [5.74, 6) is 0.416. The molecule has 1 aliphatic rings. The van der Waals surface area contributed by atoms with Crippen molar-refractivity contribution in [3.8, 4) is 5.75 Å². The van der Waals surface area contributed by atoms with Gasteiger partial charge >= 0.3 is 0 Å². The molecule has 0 fully saturated rings. The molecule has 1 unspecified atom stereocenters. The van der Waals surface area contributed by atoms with Gasteiger partial charge in [-0.15, -0.1) is 0 Å². The van der Waals surface area contributed by atoms with Crippen LogP contribution in [-0.4, -0.2) is 23.1 Å². The molecule has 4 N–H and O–H groups in total. The lowest BCUT2D eigenvalue weighted by molar-refractivity contribution is -0.126. The summed E-state index contributed by atoms with van der Waals surface area (Å²) >= 11 is 0. The highest BCUT2D eigenvalue weighted by atomic mass is 16.5. The van der Waals surface area contributed by atoms with Crippen molar-refractivity contribution in [1.82, 2.24) is 5.32 Å². The fraction of sp³-hybridized carbons (Fsp3) is 0.273. The molecule has 1 atom stereocenters. The van der Waals surface area contributed by atoms with Crippen LogP contribution in [0.2, 0.25) is 0 Å². The number of ether oxygens (including phenoxy) is 1. The van der Waals surface area contributed by atoms with Crippen molar-refractivity contribution >= 4 is 11.7 Å². The lowest BCUT2D eigenvalue weighted by Gasteiger charge is -2.11. The fourth-order valence-electron chi connectivity index (χ4n) is 1.60. The van der Waals surface area contributed by atoms with Crippen LogP contribution >= 0.6 is 0 Å². The second kappa shape index (κ2) is 4.32. The molecule has 0 saturated carbocycles. The van der Waals surface area contributed by atoms with E-state index >= 15 is 0 Å². The number of carbonyl (C=O) groups is 1. The van der Waals surface area contributed by atoms with E-state index in [1.54, 1.807) is 25.1 Å². The number of oxime groups is 1. The van der Waals surface area contributed by atoms with Crippen LogP contribution < -0.4 is 15.8 Å². The summed E-state index contributed by atoms with van der Waals surface area (Å²) in [6, 6.07) is 5.14. The first-order chi connectivity index (χ1) is 8.11. The van der Waals surface area contributed by atoms with Crippen molar-refractivity contribution in [3.05, 3.63) is 29.3 Å². The zero-order valence-corrected chi connectivity index (χ0v) is 9.30. The Morgan fingerprint density at radius 2 is 2.41 bits per heavy atom. The maximum absolute atomic E-state index is 11.4. The number of hydrogen-bond acceptors (Lipinski definition) is 4. The monoisotopic (exact) mass is 235 g/mol. The molecule has 6 heteroatoms. The van der Waals surface area contributed by atoms with Crippen LogP contribution in [0.4, 0.5) is 0 Å². The van der Waals surface area contributed by atoms with Gasteiger partial charge in [0.25, 0.3) is 5.91 Å². The van der Waals surface area contributed by atoms with Gasteiger partial charge in [-0.3, -0.25) is 4.79 Å². The number of nitrogens with zero attached hydrogens (tertiary/aromatic N) is 1. The Balaban J connectivity index is 2.39. The van der Waals surface area contributed by atoms with Gasteiger partial charge < -0.3 is 21.0 Å². The molecule has 90 valence electrons. The molecule has 2 rings (SSSR count). The van der Waals surface area contributed by atoms with Gasteiger partial charge in [-0.25, -0.2) is 0 Å². The van der Waals surface area contributed by atoms with Crippen molar-refractivity contribution < 1.29 is 14.7 Å². The van der Waals surface area contributed by atoms with E-state index in [4.69, 9.17) is 15.7 Å². The summed E-state index contributed by atoms with van der Waals surface area (Å²) in [6.45, 7) is 2.08. The van der Waals surface area contributed by atoms with E-state index in [0.29, 0.717) is 17.9 Å². The number of nitrogens with one attached hydrogen (secondary N) is 1. The van der Waals surface area contributed by atoms with E-state index in [2.05, 4.69) is 10.5 Å². The highest BCUT2D eigenvalue weighted by Gasteiger charge is 2.21. The van der Waals surface area contributed by atoms with Gasteiger partial charge in [0.2, 0.25) is 0 Å². The Kier molecular flexibility index (Phi) is 2.86. The third-order valence-corrected chi connectivity index (χ3v) is 2.60. The molecule has 0 aromatic heterocycles. The summed E-state index contributed by atoms with van der Waals surface area (Å²) in [4.78, 5) is 11.4. The molecule has 1 amide bonds. The topological polar surface area (TPSA) is 96.9 Å². The first kappa shape index (κ1) is 11.3. The summed E-state index contributed by atoms with van der Waals surface area (Å²) < 4.78 is 5.50. The Labute approximate surface area is 98.1 Å². The SMILES string of the molecule is CC1Oc2cc(C(N)=NO)ccc2CNC1=O. The molecule has 1 aromatic rings. The van der Waals surface area contributed by atoms with E-state index < -0.39 is 6.10 Å². The molecule has 0 spiro atoms. The van der Waals surface area contributed by atoms with Gasteiger partial charge in [-0.05, 0) is 13.0 Å². The highest BCUT2D eigenvalue weighted by Crippen LogP contribution is 2.23. The molecule has 17 heavy (non-hydrogen) atoms. The van der Waals surface area contributed by atoms with Crippen LogP contribution in [0.3, 0.4) is 0 Å². The predicted molar refractivity (Wildman–Crippen MR) is 60.9 cm³/mol. The van der Waals surface area contributed by atoms with Crippen molar-refractivity contribution in [2.24, 2.45) is 10.9 Å². The zero-order valence-electron chi connectivity index (χ0n) is 9.30. The number of amides is 1. The normalized spacial score (nSPS) is 19.9. The van der Waals surface area contributed by atoms with Crippen molar-refractivity contribution in [3.63, 3.8) is 0 Å². The standard InChI is InChI=1S/C11H13N3O3/c1-6-11(15)13-5-8-3-2-7(10(12)14-16)4-9(8)17-6/h2-4,6,16H,5H2,1H3,(H2,12,14)(H,13,15). The zero-order chi connectivity index (χ0) is 12.4. The maximum atomic E-state index is 11.4. The summed E-state index contributed by atoms with van der Waals surface area (Å²) in [6.07, 6.45) is -0.557. The number of carbonyl (C=O) groups excluding carboxylic acids is 1. The third kappa shape index (κ3) is 2.15. The van der Waals surface area contributed by atoms with Crippen LogP contribution in [0.25, 0.3) is 0 Å². The molecular weight excluding hydrogens is 222 g/mol. The number of hydrogen-bond donors (Lipinski definition) is 3.